The van der Waals surface area contributed by atoms with Gasteiger partial charge in [0.2, 0.25) is 10.0 Å². The zero-order valence-electron chi connectivity index (χ0n) is 12.0. The number of hydrogen-bond acceptors (Lipinski definition) is 2. The second-order valence-corrected chi connectivity index (χ2v) is 6.87. The van der Waals surface area contributed by atoms with Gasteiger partial charge >= 0.3 is 0 Å². The first-order chi connectivity index (χ1) is 9.92. The quantitative estimate of drug-likeness (QED) is 0.919. The van der Waals surface area contributed by atoms with E-state index in [1.165, 1.54) is 18.2 Å². The molecular weight excluding hydrogens is 289 g/mol. The van der Waals surface area contributed by atoms with Crippen molar-refractivity contribution in [1.29, 1.82) is 0 Å². The van der Waals surface area contributed by atoms with Crippen LogP contribution in [0.15, 0.2) is 59.5 Å². The lowest BCUT2D eigenvalue weighted by Crippen LogP contribution is -2.32. The Hall–Kier alpha value is -1.72. The summed E-state index contributed by atoms with van der Waals surface area (Å²) in [5, 5.41) is 0. The molecule has 0 saturated carbocycles. The Labute approximate surface area is 124 Å². The topological polar surface area (TPSA) is 46.2 Å². The third kappa shape index (κ3) is 3.68. The van der Waals surface area contributed by atoms with Gasteiger partial charge < -0.3 is 0 Å². The van der Waals surface area contributed by atoms with Crippen molar-refractivity contribution in [2.75, 3.05) is 0 Å². The highest BCUT2D eigenvalue weighted by Crippen LogP contribution is 2.24. The fraction of sp³-hybridized carbons (Fsp3) is 0.250. The molecule has 3 nitrogen and oxygen atoms in total. The second kappa shape index (κ2) is 6.37. The minimum absolute atomic E-state index is 0.0361. The van der Waals surface area contributed by atoms with Crippen LogP contribution in [-0.2, 0) is 10.0 Å². The monoisotopic (exact) mass is 307 g/mol. The molecule has 0 aliphatic heterocycles. The zero-order valence-corrected chi connectivity index (χ0v) is 12.8. The first kappa shape index (κ1) is 15.7. The number of halogens is 1. The van der Waals surface area contributed by atoms with Crippen LogP contribution in [-0.4, -0.2) is 8.42 Å². The maximum absolute atomic E-state index is 13.7. The molecule has 0 aliphatic rings. The molecule has 0 aliphatic carbocycles. The van der Waals surface area contributed by atoms with Gasteiger partial charge in [0.1, 0.15) is 10.7 Å². The predicted molar refractivity (Wildman–Crippen MR) is 80.7 cm³/mol. The van der Waals surface area contributed by atoms with Crippen molar-refractivity contribution in [2.45, 2.75) is 24.8 Å². The van der Waals surface area contributed by atoms with Gasteiger partial charge in [0.25, 0.3) is 0 Å². The Morgan fingerprint density at radius 2 is 1.52 bits per heavy atom. The van der Waals surface area contributed by atoms with Crippen LogP contribution in [0.3, 0.4) is 0 Å². The van der Waals surface area contributed by atoms with Gasteiger partial charge in [-0.05, 0) is 23.6 Å². The van der Waals surface area contributed by atoms with Crippen LogP contribution in [0, 0.1) is 11.7 Å². The summed E-state index contributed by atoms with van der Waals surface area (Å²) in [5.41, 5.74) is 0.854. The van der Waals surface area contributed by atoms with Crippen molar-refractivity contribution in [1.82, 2.24) is 4.72 Å². The first-order valence-electron chi connectivity index (χ1n) is 6.73. The molecular formula is C16H18FNO2S. The van der Waals surface area contributed by atoms with Crippen molar-refractivity contribution in [2.24, 2.45) is 5.92 Å². The standard InChI is InChI=1S/C16H18FNO2S/c1-12(2)16(13-8-4-3-5-9-13)18-21(19,20)15-11-7-6-10-14(15)17/h3-12,16,18H,1-2H3. The van der Waals surface area contributed by atoms with Crippen molar-refractivity contribution < 1.29 is 12.8 Å². The Balaban J connectivity index is 2.36. The van der Waals surface area contributed by atoms with E-state index in [0.29, 0.717) is 0 Å². The summed E-state index contributed by atoms with van der Waals surface area (Å²) >= 11 is 0. The molecule has 0 fully saturated rings. The molecule has 0 aromatic heterocycles. The first-order valence-corrected chi connectivity index (χ1v) is 8.22. The normalized spacial score (nSPS) is 13.3. The minimum Gasteiger partial charge on any atom is -0.207 e. The summed E-state index contributed by atoms with van der Waals surface area (Å²) in [6, 6.07) is 14.2. The van der Waals surface area contributed by atoms with Gasteiger partial charge in [-0.2, -0.15) is 0 Å². The summed E-state index contributed by atoms with van der Waals surface area (Å²) in [7, 11) is -3.91. The summed E-state index contributed by atoms with van der Waals surface area (Å²) in [5.74, 6) is -0.713. The molecule has 1 unspecified atom stereocenters. The van der Waals surface area contributed by atoms with Crippen molar-refractivity contribution in [3.8, 4) is 0 Å². The highest BCUT2D eigenvalue weighted by atomic mass is 32.2. The Morgan fingerprint density at radius 3 is 2.10 bits per heavy atom. The molecule has 112 valence electrons. The van der Waals surface area contributed by atoms with E-state index < -0.39 is 21.9 Å². The smallest absolute Gasteiger partial charge is 0.207 e. The van der Waals surface area contributed by atoms with Crippen LogP contribution in [0.1, 0.15) is 25.5 Å². The van der Waals surface area contributed by atoms with E-state index >= 15 is 0 Å². The molecule has 21 heavy (non-hydrogen) atoms. The van der Waals surface area contributed by atoms with E-state index in [1.54, 1.807) is 0 Å². The lowest BCUT2D eigenvalue weighted by atomic mass is 9.97. The summed E-state index contributed by atoms with van der Waals surface area (Å²) in [6.45, 7) is 3.84. The highest BCUT2D eigenvalue weighted by molar-refractivity contribution is 7.89. The molecule has 2 aromatic rings. The van der Waals surface area contributed by atoms with Crippen LogP contribution < -0.4 is 4.72 Å². The molecule has 0 radical (unpaired) electrons. The molecule has 0 bridgehead atoms. The van der Waals surface area contributed by atoms with Gasteiger partial charge in [0, 0.05) is 6.04 Å². The van der Waals surface area contributed by atoms with Gasteiger partial charge in [-0.25, -0.2) is 17.5 Å². The lowest BCUT2D eigenvalue weighted by Gasteiger charge is -2.23. The number of benzene rings is 2. The Kier molecular flexibility index (Phi) is 4.75. The third-order valence-corrected chi connectivity index (χ3v) is 4.71. The van der Waals surface area contributed by atoms with E-state index in [1.807, 2.05) is 44.2 Å². The molecule has 0 amide bonds. The molecule has 0 spiro atoms. The number of hydrogen-bond donors (Lipinski definition) is 1. The van der Waals surface area contributed by atoms with Crippen molar-refractivity contribution in [3.05, 3.63) is 66.0 Å². The van der Waals surface area contributed by atoms with Gasteiger partial charge in [-0.15, -0.1) is 0 Å². The van der Waals surface area contributed by atoms with E-state index in [9.17, 15) is 12.8 Å². The van der Waals surface area contributed by atoms with E-state index in [0.717, 1.165) is 11.6 Å². The van der Waals surface area contributed by atoms with Crippen LogP contribution in [0.25, 0.3) is 0 Å². The Bertz CT molecular complexity index is 699. The van der Waals surface area contributed by atoms with Crippen molar-refractivity contribution in [3.63, 3.8) is 0 Å². The molecule has 0 saturated heterocycles. The summed E-state index contributed by atoms with van der Waals surface area (Å²) < 4.78 is 41.1. The van der Waals surface area contributed by atoms with Gasteiger partial charge in [0.15, 0.2) is 0 Å². The number of sulfonamides is 1. The summed E-state index contributed by atoms with van der Waals surface area (Å²) in [6.07, 6.45) is 0. The largest absolute Gasteiger partial charge is 0.244 e. The zero-order chi connectivity index (χ0) is 15.5. The maximum atomic E-state index is 13.7. The third-order valence-electron chi connectivity index (χ3n) is 3.23. The van der Waals surface area contributed by atoms with E-state index in [2.05, 4.69) is 4.72 Å². The molecule has 2 aromatic carbocycles. The maximum Gasteiger partial charge on any atom is 0.244 e. The van der Waals surface area contributed by atoms with Crippen LogP contribution in [0.4, 0.5) is 4.39 Å². The Morgan fingerprint density at radius 1 is 0.952 bits per heavy atom. The predicted octanol–water partition coefficient (Wildman–Crippen LogP) is 3.50. The fourth-order valence-corrected chi connectivity index (χ4v) is 3.59. The summed E-state index contributed by atoms with van der Waals surface area (Å²) in [4.78, 5) is -0.327. The van der Waals surface area contributed by atoms with Crippen LogP contribution >= 0.6 is 0 Å². The van der Waals surface area contributed by atoms with Crippen LogP contribution in [0.5, 0.6) is 0 Å². The number of nitrogens with one attached hydrogen (secondary N) is 1. The highest BCUT2D eigenvalue weighted by Gasteiger charge is 2.25. The van der Waals surface area contributed by atoms with Gasteiger partial charge in [0.05, 0.1) is 0 Å². The van der Waals surface area contributed by atoms with Crippen molar-refractivity contribution >= 4 is 10.0 Å². The van der Waals surface area contributed by atoms with E-state index in [-0.39, 0.29) is 10.8 Å². The van der Waals surface area contributed by atoms with Gasteiger partial charge in [-0.1, -0.05) is 56.3 Å². The molecule has 1 N–H and O–H groups in total. The SMILES string of the molecule is CC(C)C(NS(=O)(=O)c1ccccc1F)c1ccccc1. The molecule has 0 heterocycles. The lowest BCUT2D eigenvalue weighted by molar-refractivity contribution is 0.460. The fourth-order valence-electron chi connectivity index (χ4n) is 2.14. The van der Waals surface area contributed by atoms with Crippen LogP contribution in [0.2, 0.25) is 0 Å². The number of rotatable bonds is 5. The average Bonchev–Trinajstić information content (AvgIpc) is 2.46. The molecule has 1 atom stereocenters. The molecule has 5 heteroatoms. The second-order valence-electron chi connectivity index (χ2n) is 5.18. The van der Waals surface area contributed by atoms with E-state index in [4.69, 9.17) is 0 Å². The minimum atomic E-state index is -3.91. The average molecular weight is 307 g/mol. The molecule has 2 rings (SSSR count). The van der Waals surface area contributed by atoms with Gasteiger partial charge in [-0.3, -0.25) is 0 Å².